The Hall–Kier alpha value is -2.89. The molecule has 0 aromatic heterocycles. The van der Waals surface area contributed by atoms with Gasteiger partial charge in [0.15, 0.2) is 0 Å². The summed E-state index contributed by atoms with van der Waals surface area (Å²) in [6.07, 6.45) is 0. The van der Waals surface area contributed by atoms with Crippen LogP contribution in [0.25, 0.3) is 0 Å². The second-order valence-corrected chi connectivity index (χ2v) is 11.3. The van der Waals surface area contributed by atoms with E-state index in [1.165, 1.54) is 38.3 Å². The molecule has 4 rings (SSSR count). The van der Waals surface area contributed by atoms with Crippen LogP contribution in [0, 0.1) is 0 Å². The van der Waals surface area contributed by atoms with E-state index < -0.39 is 7.92 Å². The minimum atomic E-state index is -0.627. The predicted molar refractivity (Wildman–Crippen MR) is 147 cm³/mol. The Morgan fingerprint density at radius 1 is 0.576 bits per heavy atom. The Bertz CT molecular complexity index is 1100. The molecule has 0 spiro atoms. The van der Waals surface area contributed by atoms with E-state index in [4.69, 9.17) is 0 Å². The van der Waals surface area contributed by atoms with Gasteiger partial charge in [-0.3, -0.25) is 0 Å². The fourth-order valence-corrected chi connectivity index (χ4v) is 6.87. The van der Waals surface area contributed by atoms with Crippen LogP contribution in [0.4, 0.5) is 5.69 Å². The second kappa shape index (κ2) is 10.8. The Kier molecular flexibility index (Phi) is 7.63. The maximum absolute atomic E-state index is 3.87. The van der Waals surface area contributed by atoms with Crippen LogP contribution in [0.2, 0.25) is 0 Å². The van der Waals surface area contributed by atoms with Crippen LogP contribution >= 0.6 is 7.92 Å². The Labute approximate surface area is 200 Å². The van der Waals surface area contributed by atoms with E-state index >= 15 is 0 Å². The lowest BCUT2D eigenvalue weighted by atomic mass is 9.92. The Balaban J connectivity index is 1.74. The number of hydrogen-bond acceptors (Lipinski definition) is 1. The van der Waals surface area contributed by atoms with Gasteiger partial charge < -0.3 is 5.32 Å². The monoisotopic (exact) mass is 451 g/mol. The number of anilines is 1. The maximum Gasteiger partial charge on any atom is 0.0413 e. The van der Waals surface area contributed by atoms with Crippen molar-refractivity contribution in [2.24, 2.45) is 0 Å². The zero-order valence-corrected chi connectivity index (χ0v) is 21.0. The number of nitrogens with one attached hydrogen (secondary N) is 1. The molecule has 0 aliphatic heterocycles. The minimum Gasteiger partial charge on any atom is -0.380 e. The summed E-state index contributed by atoms with van der Waals surface area (Å²) in [5, 5.41) is 8.06. The van der Waals surface area contributed by atoms with Gasteiger partial charge >= 0.3 is 0 Å². The van der Waals surface area contributed by atoms with Crippen LogP contribution in [0.3, 0.4) is 0 Å². The molecule has 0 amide bonds. The molecule has 1 nitrogen and oxygen atoms in total. The SMILES string of the molecule is CC(C)c1cccc(C(C)C)c1NCc1ccccc1P(c1ccccc1)c1ccccc1. The van der Waals surface area contributed by atoms with Gasteiger partial charge in [-0.2, -0.15) is 0 Å². The van der Waals surface area contributed by atoms with Crippen molar-refractivity contribution in [2.45, 2.75) is 46.1 Å². The lowest BCUT2D eigenvalue weighted by Crippen LogP contribution is -2.24. The summed E-state index contributed by atoms with van der Waals surface area (Å²) in [4.78, 5) is 0. The van der Waals surface area contributed by atoms with Crippen molar-refractivity contribution in [3.8, 4) is 0 Å². The smallest absolute Gasteiger partial charge is 0.0413 e. The molecular weight excluding hydrogens is 417 g/mol. The first-order chi connectivity index (χ1) is 16.1. The van der Waals surface area contributed by atoms with Gasteiger partial charge in [0.05, 0.1) is 0 Å². The summed E-state index contributed by atoms with van der Waals surface area (Å²) in [5.74, 6) is 0.958. The summed E-state index contributed by atoms with van der Waals surface area (Å²) in [7, 11) is -0.627. The van der Waals surface area contributed by atoms with Crippen LogP contribution in [-0.2, 0) is 6.54 Å². The van der Waals surface area contributed by atoms with Crippen molar-refractivity contribution in [3.63, 3.8) is 0 Å². The van der Waals surface area contributed by atoms with Gasteiger partial charge in [0.2, 0.25) is 0 Å². The van der Waals surface area contributed by atoms with Crippen LogP contribution in [0.5, 0.6) is 0 Å². The van der Waals surface area contributed by atoms with Gasteiger partial charge in [-0.1, -0.05) is 131 Å². The van der Waals surface area contributed by atoms with E-state index in [9.17, 15) is 0 Å². The molecule has 33 heavy (non-hydrogen) atoms. The quantitative estimate of drug-likeness (QED) is 0.277. The van der Waals surface area contributed by atoms with Crippen molar-refractivity contribution in [2.75, 3.05) is 5.32 Å². The van der Waals surface area contributed by atoms with E-state index in [1.807, 2.05) is 0 Å². The predicted octanol–water partition coefficient (Wildman–Crippen LogP) is 7.30. The van der Waals surface area contributed by atoms with Crippen LogP contribution < -0.4 is 21.2 Å². The van der Waals surface area contributed by atoms with Gasteiger partial charge in [0.25, 0.3) is 0 Å². The van der Waals surface area contributed by atoms with E-state index in [-0.39, 0.29) is 0 Å². The van der Waals surface area contributed by atoms with Crippen LogP contribution in [0.1, 0.15) is 56.2 Å². The molecule has 0 saturated heterocycles. The average molecular weight is 452 g/mol. The van der Waals surface area contributed by atoms with Crippen LogP contribution in [0.15, 0.2) is 103 Å². The molecule has 4 aromatic carbocycles. The third-order valence-corrected chi connectivity index (χ3v) is 8.64. The van der Waals surface area contributed by atoms with E-state index in [2.05, 4.69) is 136 Å². The lowest BCUT2D eigenvalue weighted by Gasteiger charge is -2.24. The molecule has 0 aliphatic rings. The fraction of sp³-hybridized carbons (Fsp3) is 0.226. The number of hydrogen-bond donors (Lipinski definition) is 1. The standard InChI is InChI=1S/C31H34NP/c1-23(2)28-19-13-20-29(24(3)4)31(28)32-22-25-14-11-12-21-30(25)33(26-15-7-5-8-16-26)27-17-9-6-10-18-27/h5-21,23-24,32H,22H2,1-4H3. The topological polar surface area (TPSA) is 12.0 Å². The minimum absolute atomic E-state index is 0.479. The molecule has 168 valence electrons. The highest BCUT2D eigenvalue weighted by molar-refractivity contribution is 7.79. The van der Waals surface area contributed by atoms with Gasteiger partial charge in [0.1, 0.15) is 0 Å². The summed E-state index contributed by atoms with van der Waals surface area (Å²) in [6.45, 7) is 9.94. The molecule has 2 heteroatoms. The second-order valence-electron chi connectivity index (χ2n) is 9.11. The number of benzene rings is 4. The van der Waals surface area contributed by atoms with Crippen molar-refractivity contribution < 1.29 is 0 Å². The lowest BCUT2D eigenvalue weighted by molar-refractivity contribution is 0.833. The zero-order valence-electron chi connectivity index (χ0n) is 20.1. The van der Waals surface area contributed by atoms with E-state index in [0.717, 1.165) is 6.54 Å². The van der Waals surface area contributed by atoms with Gasteiger partial charge in [-0.15, -0.1) is 0 Å². The molecule has 0 saturated carbocycles. The van der Waals surface area contributed by atoms with Crippen molar-refractivity contribution in [1.82, 2.24) is 0 Å². The molecule has 0 unspecified atom stereocenters. The highest BCUT2D eigenvalue weighted by Gasteiger charge is 2.20. The zero-order chi connectivity index (χ0) is 23.2. The molecule has 0 atom stereocenters. The summed E-state index contributed by atoms with van der Waals surface area (Å²) >= 11 is 0. The fourth-order valence-electron chi connectivity index (χ4n) is 4.40. The molecule has 0 bridgehead atoms. The molecule has 1 N–H and O–H groups in total. The first-order valence-electron chi connectivity index (χ1n) is 11.9. The first-order valence-corrected chi connectivity index (χ1v) is 13.2. The molecule has 0 aliphatic carbocycles. The van der Waals surface area contributed by atoms with Crippen LogP contribution in [-0.4, -0.2) is 0 Å². The van der Waals surface area contributed by atoms with Crippen molar-refractivity contribution in [3.05, 3.63) is 120 Å². The summed E-state index contributed by atoms with van der Waals surface area (Å²) in [6, 6.07) is 37.6. The normalized spacial score (nSPS) is 11.4. The van der Waals surface area contributed by atoms with Gasteiger partial charge in [-0.25, -0.2) is 0 Å². The molecule has 0 heterocycles. The highest BCUT2D eigenvalue weighted by Crippen LogP contribution is 2.36. The van der Waals surface area contributed by atoms with Gasteiger partial charge in [0, 0.05) is 12.2 Å². The maximum atomic E-state index is 3.87. The summed E-state index contributed by atoms with van der Waals surface area (Å²) in [5.41, 5.74) is 5.46. The van der Waals surface area contributed by atoms with Crippen molar-refractivity contribution >= 4 is 29.5 Å². The third kappa shape index (κ3) is 5.37. The molecule has 0 fully saturated rings. The Morgan fingerprint density at radius 3 is 1.58 bits per heavy atom. The highest BCUT2D eigenvalue weighted by atomic mass is 31.1. The average Bonchev–Trinajstić information content (AvgIpc) is 2.84. The van der Waals surface area contributed by atoms with Crippen molar-refractivity contribution in [1.29, 1.82) is 0 Å². The molecule has 0 radical (unpaired) electrons. The number of para-hydroxylation sites is 1. The number of rotatable bonds is 8. The third-order valence-electron chi connectivity index (χ3n) is 6.09. The van der Waals surface area contributed by atoms with Gasteiger partial charge in [-0.05, 0) is 52.4 Å². The van der Waals surface area contributed by atoms with E-state index in [0.29, 0.717) is 11.8 Å². The Morgan fingerprint density at radius 2 is 1.06 bits per heavy atom. The summed E-state index contributed by atoms with van der Waals surface area (Å²) < 4.78 is 0. The molecular formula is C31H34NP. The first kappa shape index (κ1) is 23.3. The molecule has 4 aromatic rings. The largest absolute Gasteiger partial charge is 0.380 e. The van der Waals surface area contributed by atoms with E-state index in [1.54, 1.807) is 0 Å².